The summed E-state index contributed by atoms with van der Waals surface area (Å²) in [4.78, 5) is 0. The van der Waals surface area contributed by atoms with Crippen molar-refractivity contribution in [2.75, 3.05) is 0 Å². The van der Waals surface area contributed by atoms with Gasteiger partial charge >= 0.3 is 0 Å². The van der Waals surface area contributed by atoms with E-state index in [1.54, 1.807) is 12.1 Å². The SMILES string of the molecule is CC(C)NCc1ccc(-c2cc3cccc(F)c3o2)o1. The zero-order valence-corrected chi connectivity index (χ0v) is 11.4. The minimum Gasteiger partial charge on any atom is -0.456 e. The summed E-state index contributed by atoms with van der Waals surface area (Å²) in [6, 6.07) is 10.8. The topological polar surface area (TPSA) is 38.3 Å². The molecule has 0 aliphatic heterocycles. The second-order valence-corrected chi connectivity index (χ2v) is 5.07. The van der Waals surface area contributed by atoms with Gasteiger partial charge in [0.25, 0.3) is 0 Å². The van der Waals surface area contributed by atoms with Crippen molar-refractivity contribution in [2.24, 2.45) is 0 Å². The first kappa shape index (κ1) is 12.9. The quantitative estimate of drug-likeness (QED) is 0.769. The number of halogens is 1. The summed E-state index contributed by atoms with van der Waals surface area (Å²) in [5.41, 5.74) is 0.265. The van der Waals surface area contributed by atoms with E-state index in [-0.39, 0.29) is 11.4 Å². The molecule has 0 aliphatic rings. The third-order valence-electron chi connectivity index (χ3n) is 3.09. The van der Waals surface area contributed by atoms with Gasteiger partial charge < -0.3 is 14.2 Å². The number of hydrogen-bond donors (Lipinski definition) is 1. The molecule has 0 saturated carbocycles. The summed E-state index contributed by atoms with van der Waals surface area (Å²) < 4.78 is 24.8. The van der Waals surface area contributed by atoms with Crippen LogP contribution in [0.3, 0.4) is 0 Å². The lowest BCUT2D eigenvalue weighted by Gasteiger charge is -2.04. The third-order valence-corrected chi connectivity index (χ3v) is 3.09. The van der Waals surface area contributed by atoms with Crippen LogP contribution in [0.5, 0.6) is 0 Å². The first-order valence-electron chi connectivity index (χ1n) is 6.64. The lowest BCUT2D eigenvalue weighted by molar-refractivity contribution is 0.461. The summed E-state index contributed by atoms with van der Waals surface area (Å²) in [5, 5.41) is 4.01. The first-order valence-corrected chi connectivity index (χ1v) is 6.64. The molecule has 0 bridgehead atoms. The first-order chi connectivity index (χ1) is 9.63. The Morgan fingerprint density at radius 2 is 1.95 bits per heavy atom. The molecule has 3 nitrogen and oxygen atoms in total. The van der Waals surface area contributed by atoms with Crippen LogP contribution in [0.25, 0.3) is 22.5 Å². The second kappa shape index (κ2) is 5.13. The fourth-order valence-corrected chi connectivity index (χ4v) is 2.06. The Labute approximate surface area is 116 Å². The molecule has 2 heterocycles. The van der Waals surface area contributed by atoms with Gasteiger partial charge in [0.15, 0.2) is 22.9 Å². The van der Waals surface area contributed by atoms with Gasteiger partial charge in [0, 0.05) is 11.4 Å². The Kier molecular flexibility index (Phi) is 3.32. The van der Waals surface area contributed by atoms with Crippen LogP contribution in [-0.4, -0.2) is 6.04 Å². The van der Waals surface area contributed by atoms with Crippen LogP contribution in [0.4, 0.5) is 4.39 Å². The summed E-state index contributed by atoms with van der Waals surface area (Å²) in [5.74, 6) is 1.62. The molecule has 4 heteroatoms. The summed E-state index contributed by atoms with van der Waals surface area (Å²) in [6.45, 7) is 4.81. The van der Waals surface area contributed by atoms with Gasteiger partial charge in [-0.15, -0.1) is 0 Å². The van der Waals surface area contributed by atoms with Crippen LogP contribution in [0.1, 0.15) is 19.6 Å². The Hall–Kier alpha value is -2.07. The van der Waals surface area contributed by atoms with Crippen molar-refractivity contribution in [3.8, 4) is 11.5 Å². The number of hydrogen-bond acceptors (Lipinski definition) is 3. The maximum absolute atomic E-state index is 13.6. The molecule has 104 valence electrons. The Morgan fingerprint density at radius 3 is 2.70 bits per heavy atom. The number of nitrogens with one attached hydrogen (secondary N) is 1. The normalized spacial score (nSPS) is 11.6. The van der Waals surface area contributed by atoms with Gasteiger partial charge in [-0.2, -0.15) is 0 Å². The predicted molar refractivity (Wildman–Crippen MR) is 75.8 cm³/mol. The minimum absolute atomic E-state index is 0.265. The Bertz CT molecular complexity index is 727. The maximum Gasteiger partial charge on any atom is 0.170 e. The largest absolute Gasteiger partial charge is 0.456 e. The standard InChI is InChI=1S/C16H16FNO2/c1-10(2)18-9-12-6-7-14(19-12)15-8-11-4-3-5-13(17)16(11)20-15/h3-8,10,18H,9H2,1-2H3. The van der Waals surface area contributed by atoms with E-state index in [9.17, 15) is 4.39 Å². The molecule has 0 unspecified atom stereocenters. The van der Waals surface area contributed by atoms with Gasteiger partial charge in [-0.1, -0.05) is 26.0 Å². The van der Waals surface area contributed by atoms with Crippen molar-refractivity contribution in [3.63, 3.8) is 0 Å². The van der Waals surface area contributed by atoms with E-state index in [4.69, 9.17) is 8.83 Å². The number of rotatable bonds is 4. The Balaban J connectivity index is 1.89. The molecule has 0 aliphatic carbocycles. The van der Waals surface area contributed by atoms with E-state index in [0.717, 1.165) is 11.1 Å². The van der Waals surface area contributed by atoms with Crippen LogP contribution in [0.2, 0.25) is 0 Å². The lowest BCUT2D eigenvalue weighted by atomic mass is 10.2. The second-order valence-electron chi connectivity index (χ2n) is 5.07. The molecule has 3 rings (SSSR count). The van der Waals surface area contributed by atoms with Crippen LogP contribution in [-0.2, 0) is 6.54 Å². The minimum atomic E-state index is -0.359. The number of para-hydroxylation sites is 1. The molecule has 2 aromatic heterocycles. The monoisotopic (exact) mass is 273 g/mol. The van der Waals surface area contributed by atoms with E-state index in [2.05, 4.69) is 19.2 Å². The average molecular weight is 273 g/mol. The molecular formula is C16H16FNO2. The molecule has 0 saturated heterocycles. The molecule has 0 fully saturated rings. The summed E-state index contributed by atoms with van der Waals surface area (Å²) in [7, 11) is 0. The molecule has 20 heavy (non-hydrogen) atoms. The van der Waals surface area contributed by atoms with Crippen molar-refractivity contribution in [1.29, 1.82) is 0 Å². The Morgan fingerprint density at radius 1 is 1.10 bits per heavy atom. The maximum atomic E-state index is 13.6. The number of benzene rings is 1. The van der Waals surface area contributed by atoms with Gasteiger partial charge in [0.05, 0.1) is 6.54 Å². The van der Waals surface area contributed by atoms with Gasteiger partial charge in [-0.05, 0) is 24.3 Å². The molecule has 3 aromatic rings. The fourth-order valence-electron chi connectivity index (χ4n) is 2.06. The van der Waals surface area contributed by atoms with Gasteiger partial charge in [-0.3, -0.25) is 0 Å². The smallest absolute Gasteiger partial charge is 0.170 e. The highest BCUT2D eigenvalue weighted by Gasteiger charge is 2.12. The zero-order chi connectivity index (χ0) is 14.1. The highest BCUT2D eigenvalue weighted by atomic mass is 19.1. The molecule has 0 radical (unpaired) electrons. The van der Waals surface area contributed by atoms with E-state index in [1.165, 1.54) is 6.07 Å². The lowest BCUT2D eigenvalue weighted by Crippen LogP contribution is -2.21. The molecular weight excluding hydrogens is 257 g/mol. The number of fused-ring (bicyclic) bond motifs is 1. The highest BCUT2D eigenvalue weighted by Crippen LogP contribution is 2.30. The molecule has 0 spiro atoms. The fraction of sp³-hybridized carbons (Fsp3) is 0.250. The predicted octanol–water partition coefficient (Wildman–Crippen LogP) is 4.33. The highest BCUT2D eigenvalue weighted by molar-refractivity contribution is 5.82. The van der Waals surface area contributed by atoms with Gasteiger partial charge in [-0.25, -0.2) is 4.39 Å². The third kappa shape index (κ3) is 2.47. The molecule has 0 amide bonds. The van der Waals surface area contributed by atoms with E-state index < -0.39 is 0 Å². The van der Waals surface area contributed by atoms with Crippen LogP contribution >= 0.6 is 0 Å². The number of furan rings is 2. The molecule has 0 atom stereocenters. The van der Waals surface area contributed by atoms with Gasteiger partial charge in [0.2, 0.25) is 0 Å². The average Bonchev–Trinajstić information content (AvgIpc) is 3.03. The summed E-state index contributed by atoms with van der Waals surface area (Å²) in [6.07, 6.45) is 0. The van der Waals surface area contributed by atoms with Crippen LogP contribution in [0.15, 0.2) is 45.2 Å². The van der Waals surface area contributed by atoms with Crippen molar-refractivity contribution >= 4 is 11.0 Å². The van der Waals surface area contributed by atoms with Crippen molar-refractivity contribution in [1.82, 2.24) is 5.32 Å². The van der Waals surface area contributed by atoms with Gasteiger partial charge in [0.1, 0.15) is 5.76 Å². The van der Waals surface area contributed by atoms with Crippen molar-refractivity contribution in [3.05, 3.63) is 48.0 Å². The van der Waals surface area contributed by atoms with Crippen molar-refractivity contribution in [2.45, 2.75) is 26.4 Å². The molecule has 1 N–H and O–H groups in total. The zero-order valence-electron chi connectivity index (χ0n) is 11.4. The van der Waals surface area contributed by atoms with E-state index in [1.807, 2.05) is 18.2 Å². The van der Waals surface area contributed by atoms with Crippen molar-refractivity contribution < 1.29 is 13.2 Å². The van der Waals surface area contributed by atoms with E-state index in [0.29, 0.717) is 24.1 Å². The molecule has 1 aromatic carbocycles. The van der Waals surface area contributed by atoms with E-state index >= 15 is 0 Å². The van der Waals surface area contributed by atoms with Crippen LogP contribution < -0.4 is 5.32 Å². The van der Waals surface area contributed by atoms with Crippen LogP contribution in [0, 0.1) is 5.82 Å². The summed E-state index contributed by atoms with van der Waals surface area (Å²) >= 11 is 0.